The second kappa shape index (κ2) is 9.11. The van der Waals surface area contributed by atoms with Gasteiger partial charge in [-0.3, -0.25) is 9.69 Å². The summed E-state index contributed by atoms with van der Waals surface area (Å²) in [5, 5.41) is 0.760. The first-order valence-electron chi connectivity index (χ1n) is 11.7. The highest BCUT2D eigenvalue weighted by molar-refractivity contribution is 7.18. The van der Waals surface area contributed by atoms with Crippen LogP contribution in [0, 0.1) is 0 Å². The maximum atomic E-state index is 13.1. The SMILES string of the molecule is CCOc1ccccc1N1CCN(Cc2nc3sc4c(c3c(=O)n2N)CCCCC4)CC1. The van der Waals surface area contributed by atoms with Gasteiger partial charge < -0.3 is 15.5 Å². The predicted molar refractivity (Wildman–Crippen MR) is 130 cm³/mol. The Labute approximate surface area is 192 Å². The van der Waals surface area contributed by atoms with Crippen LogP contribution in [0.3, 0.4) is 0 Å². The van der Waals surface area contributed by atoms with Gasteiger partial charge in [0.25, 0.3) is 5.56 Å². The molecule has 0 amide bonds. The number of benzene rings is 1. The molecule has 0 unspecified atom stereocenters. The summed E-state index contributed by atoms with van der Waals surface area (Å²) in [5.41, 5.74) is 2.25. The zero-order valence-electron chi connectivity index (χ0n) is 18.7. The van der Waals surface area contributed by atoms with Crippen LogP contribution < -0.4 is 21.0 Å². The minimum atomic E-state index is -0.0892. The van der Waals surface area contributed by atoms with E-state index >= 15 is 0 Å². The number of aryl methyl sites for hydroxylation is 2. The third kappa shape index (κ3) is 3.97. The number of aromatic nitrogens is 2. The Bertz CT molecular complexity index is 1160. The molecule has 0 atom stereocenters. The molecule has 1 aromatic carbocycles. The lowest BCUT2D eigenvalue weighted by Gasteiger charge is -2.36. The second-order valence-electron chi connectivity index (χ2n) is 8.61. The van der Waals surface area contributed by atoms with Crippen molar-refractivity contribution in [1.29, 1.82) is 0 Å². The number of thiophene rings is 1. The van der Waals surface area contributed by atoms with E-state index in [0.717, 1.165) is 67.1 Å². The van der Waals surface area contributed by atoms with Crippen molar-refractivity contribution in [2.45, 2.75) is 45.6 Å². The maximum Gasteiger partial charge on any atom is 0.280 e. The number of nitrogens with zero attached hydrogens (tertiary/aromatic N) is 4. The lowest BCUT2D eigenvalue weighted by atomic mass is 10.1. The Balaban J connectivity index is 1.33. The molecule has 1 saturated heterocycles. The van der Waals surface area contributed by atoms with Crippen molar-refractivity contribution in [3.05, 3.63) is 50.9 Å². The fourth-order valence-electron chi connectivity index (χ4n) is 4.89. The molecule has 0 saturated carbocycles. The highest BCUT2D eigenvalue weighted by atomic mass is 32.1. The fourth-order valence-corrected chi connectivity index (χ4v) is 6.16. The number of para-hydroxylation sites is 2. The molecule has 0 spiro atoms. The summed E-state index contributed by atoms with van der Waals surface area (Å²) in [4.78, 5) is 24.9. The van der Waals surface area contributed by atoms with Crippen LogP contribution in [0.15, 0.2) is 29.1 Å². The third-order valence-corrected chi connectivity index (χ3v) is 7.77. The average molecular weight is 454 g/mol. The number of anilines is 1. The summed E-state index contributed by atoms with van der Waals surface area (Å²) in [5.74, 6) is 7.85. The molecular formula is C24H31N5O2S. The fraction of sp³-hybridized carbons (Fsp3) is 0.500. The van der Waals surface area contributed by atoms with Gasteiger partial charge >= 0.3 is 0 Å². The van der Waals surface area contributed by atoms with Crippen LogP contribution in [0.2, 0.25) is 0 Å². The molecule has 5 rings (SSSR count). The Hall–Kier alpha value is -2.58. The van der Waals surface area contributed by atoms with E-state index in [4.69, 9.17) is 15.6 Å². The predicted octanol–water partition coefficient (Wildman–Crippen LogP) is 3.16. The van der Waals surface area contributed by atoms with E-state index in [1.165, 1.54) is 28.0 Å². The average Bonchev–Trinajstić information content (AvgIpc) is 2.99. The van der Waals surface area contributed by atoms with Crippen LogP contribution >= 0.6 is 11.3 Å². The number of ether oxygens (including phenoxy) is 1. The van der Waals surface area contributed by atoms with Crippen LogP contribution in [-0.2, 0) is 19.4 Å². The standard InChI is InChI=1S/C24H31N5O2S/c1-2-31-19-10-7-6-9-18(19)28-14-12-27(13-15-28)16-21-26-23-22(24(30)29(21)25)17-8-4-3-5-11-20(17)32-23/h6-7,9-10H,2-5,8,11-16,25H2,1H3. The van der Waals surface area contributed by atoms with E-state index in [2.05, 4.69) is 21.9 Å². The summed E-state index contributed by atoms with van der Waals surface area (Å²) in [6.45, 7) is 6.82. The van der Waals surface area contributed by atoms with Gasteiger partial charge in [-0.1, -0.05) is 18.6 Å². The highest BCUT2D eigenvalue weighted by Crippen LogP contribution is 2.33. The normalized spacial score (nSPS) is 17.3. The molecule has 32 heavy (non-hydrogen) atoms. The van der Waals surface area contributed by atoms with Gasteiger partial charge in [-0.15, -0.1) is 11.3 Å². The minimum Gasteiger partial charge on any atom is -0.492 e. The quantitative estimate of drug-likeness (QED) is 0.472. The van der Waals surface area contributed by atoms with Crippen molar-refractivity contribution in [2.24, 2.45) is 0 Å². The Morgan fingerprint density at radius 3 is 2.69 bits per heavy atom. The van der Waals surface area contributed by atoms with Gasteiger partial charge in [0, 0.05) is 31.1 Å². The molecule has 2 N–H and O–H groups in total. The second-order valence-corrected chi connectivity index (χ2v) is 9.70. The van der Waals surface area contributed by atoms with E-state index in [-0.39, 0.29) is 5.56 Å². The first kappa shape index (κ1) is 21.3. The first-order chi connectivity index (χ1) is 15.7. The number of fused-ring (bicyclic) bond motifs is 3. The van der Waals surface area contributed by atoms with E-state index < -0.39 is 0 Å². The molecular weight excluding hydrogens is 422 g/mol. The van der Waals surface area contributed by atoms with Crippen LogP contribution in [-0.4, -0.2) is 47.3 Å². The number of nitrogen functional groups attached to an aromatic ring is 1. The van der Waals surface area contributed by atoms with Crippen molar-refractivity contribution in [2.75, 3.05) is 43.5 Å². The topological polar surface area (TPSA) is 76.6 Å². The molecule has 170 valence electrons. The van der Waals surface area contributed by atoms with E-state index in [9.17, 15) is 4.79 Å². The number of rotatable bonds is 5. The van der Waals surface area contributed by atoms with Crippen LogP contribution in [0.1, 0.15) is 42.5 Å². The molecule has 1 aliphatic carbocycles. The number of piperazine rings is 1. The number of hydrogen-bond acceptors (Lipinski definition) is 7. The lowest BCUT2D eigenvalue weighted by Crippen LogP contribution is -2.47. The molecule has 3 aromatic rings. The van der Waals surface area contributed by atoms with Crippen LogP contribution in [0.4, 0.5) is 5.69 Å². The molecule has 2 aliphatic rings. The summed E-state index contributed by atoms with van der Waals surface area (Å²) >= 11 is 1.70. The minimum absolute atomic E-state index is 0.0892. The smallest absolute Gasteiger partial charge is 0.280 e. The van der Waals surface area contributed by atoms with Crippen molar-refractivity contribution in [3.63, 3.8) is 0 Å². The van der Waals surface area contributed by atoms with Crippen LogP contribution in [0.5, 0.6) is 5.75 Å². The van der Waals surface area contributed by atoms with Gasteiger partial charge in [0.05, 0.1) is 24.2 Å². The van der Waals surface area contributed by atoms with Gasteiger partial charge in [-0.25, -0.2) is 9.66 Å². The van der Waals surface area contributed by atoms with Gasteiger partial charge in [0.1, 0.15) is 16.4 Å². The summed E-state index contributed by atoms with van der Waals surface area (Å²) in [6, 6.07) is 8.21. The van der Waals surface area contributed by atoms with Crippen molar-refractivity contribution in [3.8, 4) is 5.75 Å². The zero-order chi connectivity index (χ0) is 22.1. The summed E-state index contributed by atoms with van der Waals surface area (Å²) in [6.07, 6.45) is 5.59. The van der Waals surface area contributed by atoms with E-state index in [1.54, 1.807) is 11.3 Å². The Morgan fingerprint density at radius 1 is 1.09 bits per heavy atom. The molecule has 1 aliphatic heterocycles. The molecule has 1 fully saturated rings. The molecule has 3 heterocycles. The van der Waals surface area contributed by atoms with Gasteiger partial charge in [-0.2, -0.15) is 0 Å². The third-order valence-electron chi connectivity index (χ3n) is 6.59. The van der Waals surface area contributed by atoms with Gasteiger partial charge in [-0.05, 0) is 50.3 Å². The van der Waals surface area contributed by atoms with Crippen LogP contribution in [0.25, 0.3) is 10.2 Å². The Kier molecular flexibility index (Phi) is 6.06. The van der Waals surface area contributed by atoms with E-state index in [0.29, 0.717) is 19.0 Å². The Morgan fingerprint density at radius 2 is 1.88 bits per heavy atom. The summed E-state index contributed by atoms with van der Waals surface area (Å²) in [7, 11) is 0. The molecule has 0 bridgehead atoms. The molecule has 2 aromatic heterocycles. The molecule has 8 heteroatoms. The molecule has 7 nitrogen and oxygen atoms in total. The van der Waals surface area contributed by atoms with E-state index in [1.807, 2.05) is 19.1 Å². The zero-order valence-corrected chi connectivity index (χ0v) is 19.5. The first-order valence-corrected chi connectivity index (χ1v) is 12.5. The molecule has 0 radical (unpaired) electrons. The lowest BCUT2D eigenvalue weighted by molar-refractivity contribution is 0.240. The monoisotopic (exact) mass is 453 g/mol. The highest BCUT2D eigenvalue weighted by Gasteiger charge is 2.24. The largest absolute Gasteiger partial charge is 0.492 e. The van der Waals surface area contributed by atoms with Crippen molar-refractivity contribution in [1.82, 2.24) is 14.6 Å². The van der Waals surface area contributed by atoms with Crippen molar-refractivity contribution < 1.29 is 4.74 Å². The van der Waals surface area contributed by atoms with Gasteiger partial charge in [0.2, 0.25) is 0 Å². The summed E-state index contributed by atoms with van der Waals surface area (Å²) < 4.78 is 7.09. The maximum absolute atomic E-state index is 13.1. The number of nitrogens with two attached hydrogens (primary N) is 1. The van der Waals surface area contributed by atoms with Crippen molar-refractivity contribution >= 4 is 27.2 Å². The van der Waals surface area contributed by atoms with Gasteiger partial charge in [0.15, 0.2) is 0 Å². The number of hydrogen-bond donors (Lipinski definition) is 1.